The Morgan fingerprint density at radius 3 is 2.62 bits per heavy atom. The van der Waals surface area contributed by atoms with Crippen molar-refractivity contribution in [1.82, 2.24) is 0 Å². The van der Waals surface area contributed by atoms with Gasteiger partial charge in [0.15, 0.2) is 0 Å². The second-order valence-corrected chi connectivity index (χ2v) is 3.40. The van der Waals surface area contributed by atoms with Gasteiger partial charge in [-0.15, -0.1) is 0 Å². The van der Waals surface area contributed by atoms with Crippen molar-refractivity contribution in [2.24, 2.45) is 0 Å². The Hall–Kier alpha value is -1.04. The largest absolute Gasteiger partial charge is 0.0913 e. The van der Waals surface area contributed by atoms with Gasteiger partial charge in [0.1, 0.15) is 0 Å². The molecule has 0 saturated heterocycles. The van der Waals surface area contributed by atoms with Crippen LogP contribution in [0.4, 0.5) is 0 Å². The first-order valence-electron chi connectivity index (χ1n) is 4.97. The molecule has 1 rings (SSSR count). The van der Waals surface area contributed by atoms with Gasteiger partial charge in [-0.2, -0.15) is 0 Å². The number of rotatable bonds is 3. The molecule has 0 saturated carbocycles. The Morgan fingerprint density at radius 1 is 1.23 bits per heavy atom. The Bertz CT molecular complexity index is 295. The van der Waals surface area contributed by atoms with E-state index in [1.807, 2.05) is 0 Å². The molecule has 0 heterocycles. The fraction of sp³-hybridized carbons (Fsp3) is 0.385. The smallest absolute Gasteiger partial charge is 0.00947 e. The van der Waals surface area contributed by atoms with E-state index in [4.69, 9.17) is 0 Å². The van der Waals surface area contributed by atoms with Crippen LogP contribution in [0.2, 0.25) is 0 Å². The summed E-state index contributed by atoms with van der Waals surface area (Å²) in [5, 5.41) is 0. The van der Waals surface area contributed by atoms with Crippen molar-refractivity contribution < 1.29 is 0 Å². The second-order valence-electron chi connectivity index (χ2n) is 3.40. The molecular formula is C13H18. The lowest BCUT2D eigenvalue weighted by atomic mass is 10.00. The van der Waals surface area contributed by atoms with Gasteiger partial charge in [0.05, 0.1) is 0 Å². The third-order valence-corrected chi connectivity index (χ3v) is 2.32. The number of aryl methyl sites for hydroxylation is 2. The normalized spacial score (nSPS) is 11.0. The van der Waals surface area contributed by atoms with Gasteiger partial charge < -0.3 is 0 Å². The van der Waals surface area contributed by atoms with Gasteiger partial charge in [0.2, 0.25) is 0 Å². The van der Waals surface area contributed by atoms with Crippen LogP contribution in [-0.4, -0.2) is 0 Å². The van der Waals surface area contributed by atoms with Gasteiger partial charge in [0, 0.05) is 0 Å². The number of hydrogen-bond donors (Lipinski definition) is 0. The third kappa shape index (κ3) is 2.73. The van der Waals surface area contributed by atoms with Crippen LogP contribution in [0.1, 0.15) is 30.5 Å². The van der Waals surface area contributed by atoms with E-state index >= 15 is 0 Å². The van der Waals surface area contributed by atoms with E-state index in [2.05, 4.69) is 51.1 Å². The highest BCUT2D eigenvalue weighted by molar-refractivity contribution is 5.32. The summed E-state index contributed by atoms with van der Waals surface area (Å²) in [5.74, 6) is 0. The molecule has 13 heavy (non-hydrogen) atoms. The lowest BCUT2D eigenvalue weighted by molar-refractivity contribution is 1.07. The molecule has 0 bridgehead atoms. The highest BCUT2D eigenvalue weighted by Gasteiger charge is 1.98. The zero-order valence-electron chi connectivity index (χ0n) is 8.80. The van der Waals surface area contributed by atoms with E-state index in [9.17, 15) is 0 Å². The van der Waals surface area contributed by atoms with Crippen LogP contribution in [0.3, 0.4) is 0 Å². The van der Waals surface area contributed by atoms with Crippen molar-refractivity contribution in [1.29, 1.82) is 0 Å². The fourth-order valence-corrected chi connectivity index (χ4v) is 1.53. The summed E-state index contributed by atoms with van der Waals surface area (Å²) in [6.45, 7) is 6.43. The average Bonchev–Trinajstić information content (AvgIpc) is 2.15. The average molecular weight is 174 g/mol. The summed E-state index contributed by atoms with van der Waals surface area (Å²) in [6.07, 6.45) is 6.53. The minimum Gasteiger partial charge on any atom is -0.0913 e. The van der Waals surface area contributed by atoms with E-state index < -0.39 is 0 Å². The third-order valence-electron chi connectivity index (χ3n) is 2.32. The van der Waals surface area contributed by atoms with Crippen LogP contribution < -0.4 is 0 Å². The summed E-state index contributed by atoms with van der Waals surface area (Å²) < 4.78 is 0. The first-order chi connectivity index (χ1) is 6.27. The van der Waals surface area contributed by atoms with E-state index in [0.717, 1.165) is 12.8 Å². The van der Waals surface area contributed by atoms with E-state index in [0.29, 0.717) is 0 Å². The van der Waals surface area contributed by atoms with Crippen molar-refractivity contribution in [3.05, 3.63) is 47.0 Å². The lowest BCUT2D eigenvalue weighted by Crippen LogP contribution is -1.91. The van der Waals surface area contributed by atoms with Crippen LogP contribution >= 0.6 is 0 Å². The monoisotopic (exact) mass is 174 g/mol. The molecular weight excluding hydrogens is 156 g/mol. The van der Waals surface area contributed by atoms with Crippen LogP contribution in [-0.2, 0) is 12.8 Å². The molecule has 0 heteroatoms. The Labute approximate surface area is 81.3 Å². The topological polar surface area (TPSA) is 0 Å². The molecule has 0 spiro atoms. The minimum absolute atomic E-state index is 1.07. The Balaban J connectivity index is 2.94. The predicted octanol–water partition coefficient (Wildman–Crippen LogP) is 3.68. The molecule has 0 radical (unpaired) electrons. The van der Waals surface area contributed by atoms with Gasteiger partial charge in [-0.25, -0.2) is 0 Å². The molecule has 0 atom stereocenters. The van der Waals surface area contributed by atoms with Crippen molar-refractivity contribution in [3.8, 4) is 0 Å². The number of allylic oxidation sites excluding steroid dienone is 2. The molecule has 0 unspecified atom stereocenters. The van der Waals surface area contributed by atoms with Crippen molar-refractivity contribution >= 4 is 0 Å². The van der Waals surface area contributed by atoms with Gasteiger partial charge in [-0.1, -0.05) is 42.8 Å². The maximum absolute atomic E-state index is 2.29. The number of hydrogen-bond acceptors (Lipinski definition) is 0. The first kappa shape index (κ1) is 10.0. The molecule has 0 N–H and O–H groups in total. The maximum Gasteiger partial charge on any atom is -0.00947 e. The van der Waals surface area contributed by atoms with Gasteiger partial charge in [0.25, 0.3) is 0 Å². The van der Waals surface area contributed by atoms with Crippen LogP contribution in [0, 0.1) is 6.92 Å². The SMILES string of the molecule is C/C=C\Cc1cc(C)ccc1CC. The maximum atomic E-state index is 2.29. The van der Waals surface area contributed by atoms with Crippen molar-refractivity contribution in [2.75, 3.05) is 0 Å². The minimum atomic E-state index is 1.07. The fourth-order valence-electron chi connectivity index (χ4n) is 1.53. The lowest BCUT2D eigenvalue weighted by Gasteiger charge is -2.06. The summed E-state index contributed by atoms with van der Waals surface area (Å²) in [6, 6.07) is 6.73. The molecule has 70 valence electrons. The standard InChI is InChI=1S/C13H18/c1-4-6-7-13-10-11(3)8-9-12(13)5-2/h4,6,8-10H,5,7H2,1-3H3/b6-4-. The quantitative estimate of drug-likeness (QED) is 0.613. The Morgan fingerprint density at radius 2 is 2.00 bits per heavy atom. The van der Waals surface area contributed by atoms with Crippen molar-refractivity contribution in [3.63, 3.8) is 0 Å². The molecule has 1 aromatic carbocycles. The highest BCUT2D eigenvalue weighted by atomic mass is 14.0. The van der Waals surface area contributed by atoms with E-state index in [1.54, 1.807) is 0 Å². The Kier molecular flexibility index (Phi) is 3.75. The second kappa shape index (κ2) is 4.86. The summed E-state index contributed by atoms with van der Waals surface area (Å²) in [5.41, 5.74) is 4.31. The molecule has 0 aromatic heterocycles. The molecule has 0 aliphatic rings. The van der Waals surface area contributed by atoms with E-state index in [-0.39, 0.29) is 0 Å². The summed E-state index contributed by atoms with van der Waals surface area (Å²) in [7, 11) is 0. The molecule has 0 nitrogen and oxygen atoms in total. The molecule has 1 aromatic rings. The van der Waals surface area contributed by atoms with Crippen molar-refractivity contribution in [2.45, 2.75) is 33.6 Å². The predicted molar refractivity (Wildman–Crippen MR) is 59.1 cm³/mol. The summed E-state index contributed by atoms with van der Waals surface area (Å²) >= 11 is 0. The van der Waals surface area contributed by atoms with Crippen LogP contribution in [0.5, 0.6) is 0 Å². The molecule has 0 fully saturated rings. The number of benzene rings is 1. The van der Waals surface area contributed by atoms with Crippen LogP contribution in [0.15, 0.2) is 30.4 Å². The van der Waals surface area contributed by atoms with E-state index in [1.165, 1.54) is 16.7 Å². The van der Waals surface area contributed by atoms with Gasteiger partial charge >= 0.3 is 0 Å². The molecule has 0 amide bonds. The van der Waals surface area contributed by atoms with Gasteiger partial charge in [-0.05, 0) is 37.8 Å². The first-order valence-corrected chi connectivity index (χ1v) is 4.97. The molecule has 0 aliphatic heterocycles. The summed E-state index contributed by atoms with van der Waals surface area (Å²) in [4.78, 5) is 0. The molecule has 0 aliphatic carbocycles. The highest BCUT2D eigenvalue weighted by Crippen LogP contribution is 2.13. The zero-order chi connectivity index (χ0) is 9.68. The van der Waals surface area contributed by atoms with Crippen LogP contribution in [0.25, 0.3) is 0 Å². The van der Waals surface area contributed by atoms with Gasteiger partial charge in [-0.3, -0.25) is 0 Å². The zero-order valence-corrected chi connectivity index (χ0v) is 8.80.